The van der Waals surface area contributed by atoms with Crippen LogP contribution in [0.3, 0.4) is 0 Å². The van der Waals surface area contributed by atoms with Crippen LogP contribution >= 0.6 is 0 Å². The number of carbonyl (C=O) groups excluding carboxylic acids is 1. The van der Waals surface area contributed by atoms with Crippen LogP contribution in [0.1, 0.15) is 36.0 Å². The maximum atomic E-state index is 12.9. The van der Waals surface area contributed by atoms with Crippen molar-refractivity contribution in [3.63, 3.8) is 0 Å². The molecule has 1 saturated heterocycles. The molecule has 2 N–H and O–H groups in total. The lowest BCUT2D eigenvalue weighted by atomic mass is 9.92. The number of hydrogen-bond donors (Lipinski definition) is 1. The fourth-order valence-corrected chi connectivity index (χ4v) is 3.23. The van der Waals surface area contributed by atoms with Crippen LogP contribution in [0.5, 0.6) is 5.75 Å². The van der Waals surface area contributed by atoms with Gasteiger partial charge in [0.25, 0.3) is 5.91 Å². The summed E-state index contributed by atoms with van der Waals surface area (Å²) in [6.45, 7) is 5.20. The van der Waals surface area contributed by atoms with E-state index in [4.69, 9.17) is 14.9 Å². The minimum Gasteiger partial charge on any atom is -0.497 e. The fourth-order valence-electron chi connectivity index (χ4n) is 3.23. The van der Waals surface area contributed by atoms with E-state index >= 15 is 0 Å². The third-order valence-electron chi connectivity index (χ3n) is 4.82. The molecule has 3 rings (SSSR count). The van der Waals surface area contributed by atoms with Crippen LogP contribution in [-0.2, 0) is 0 Å². The Morgan fingerprint density at radius 2 is 2.12 bits per heavy atom. The molecule has 1 fully saturated rings. The molecule has 25 heavy (non-hydrogen) atoms. The van der Waals surface area contributed by atoms with Gasteiger partial charge in [0.1, 0.15) is 11.5 Å². The Morgan fingerprint density at radius 1 is 1.40 bits per heavy atom. The van der Waals surface area contributed by atoms with E-state index in [9.17, 15) is 4.79 Å². The number of methoxy groups -OCH3 is 1. The molecule has 6 heteroatoms. The smallest absolute Gasteiger partial charge is 0.276 e. The Morgan fingerprint density at radius 3 is 2.76 bits per heavy atom. The number of nitrogens with zero attached hydrogens (tertiary/aromatic N) is 2. The van der Waals surface area contributed by atoms with Crippen molar-refractivity contribution >= 4 is 5.91 Å². The van der Waals surface area contributed by atoms with Gasteiger partial charge in [0, 0.05) is 24.7 Å². The lowest BCUT2D eigenvalue weighted by Crippen LogP contribution is -2.45. The van der Waals surface area contributed by atoms with E-state index in [1.165, 1.54) is 0 Å². The highest BCUT2D eigenvalue weighted by molar-refractivity contribution is 5.93. The number of rotatable bonds is 4. The Balaban J connectivity index is 1.80. The van der Waals surface area contributed by atoms with E-state index in [1.807, 2.05) is 36.1 Å². The van der Waals surface area contributed by atoms with Crippen LogP contribution in [0, 0.1) is 12.8 Å². The normalized spacial score (nSPS) is 18.9. The molecule has 6 nitrogen and oxygen atoms in total. The molecule has 0 radical (unpaired) electrons. The van der Waals surface area contributed by atoms with Gasteiger partial charge in [0.15, 0.2) is 5.69 Å². The van der Waals surface area contributed by atoms with Gasteiger partial charge in [-0.2, -0.15) is 0 Å². The quantitative estimate of drug-likeness (QED) is 0.923. The highest BCUT2D eigenvalue weighted by Gasteiger charge is 2.29. The molecule has 1 amide bonds. The molecule has 2 unspecified atom stereocenters. The van der Waals surface area contributed by atoms with E-state index in [0.29, 0.717) is 29.8 Å². The molecule has 1 aliphatic rings. The van der Waals surface area contributed by atoms with Crippen molar-refractivity contribution < 1.29 is 13.9 Å². The maximum absolute atomic E-state index is 12.9. The lowest BCUT2D eigenvalue weighted by molar-refractivity contribution is 0.0654. The predicted molar refractivity (Wildman–Crippen MR) is 95.5 cm³/mol. The third kappa shape index (κ3) is 3.69. The van der Waals surface area contributed by atoms with Gasteiger partial charge in [0.05, 0.1) is 7.11 Å². The van der Waals surface area contributed by atoms with Crippen LogP contribution < -0.4 is 10.5 Å². The molecule has 1 aromatic heterocycles. The zero-order chi connectivity index (χ0) is 18.0. The van der Waals surface area contributed by atoms with Gasteiger partial charge in [-0.05, 0) is 56.9 Å². The van der Waals surface area contributed by atoms with Crippen LogP contribution in [-0.4, -0.2) is 42.0 Å². The van der Waals surface area contributed by atoms with Crippen molar-refractivity contribution in [3.05, 3.63) is 35.7 Å². The molecule has 0 aliphatic carbocycles. The summed E-state index contributed by atoms with van der Waals surface area (Å²) in [6, 6.07) is 7.50. The molecule has 0 spiro atoms. The van der Waals surface area contributed by atoms with Crippen molar-refractivity contribution in [2.45, 2.75) is 32.7 Å². The molecule has 2 atom stereocenters. The van der Waals surface area contributed by atoms with Gasteiger partial charge < -0.3 is 19.8 Å². The highest BCUT2D eigenvalue weighted by atomic mass is 16.5. The summed E-state index contributed by atoms with van der Waals surface area (Å²) in [7, 11) is 1.62. The van der Waals surface area contributed by atoms with Crippen molar-refractivity contribution in [2.75, 3.05) is 20.2 Å². The zero-order valence-corrected chi connectivity index (χ0v) is 15.0. The number of hydrogen-bond acceptors (Lipinski definition) is 5. The minimum absolute atomic E-state index is 0.0774. The van der Waals surface area contributed by atoms with Crippen molar-refractivity contribution in [2.24, 2.45) is 11.7 Å². The number of carbonyl (C=O) groups is 1. The second-order valence-corrected chi connectivity index (χ2v) is 6.66. The first-order valence-corrected chi connectivity index (χ1v) is 8.66. The Labute approximate surface area is 148 Å². The Hall–Kier alpha value is -2.34. The molecule has 134 valence electrons. The summed E-state index contributed by atoms with van der Waals surface area (Å²) in [5.74, 6) is 2.01. The maximum Gasteiger partial charge on any atom is 0.276 e. The van der Waals surface area contributed by atoms with Gasteiger partial charge in [-0.25, -0.2) is 4.98 Å². The summed E-state index contributed by atoms with van der Waals surface area (Å²) in [6.07, 6.45) is 2.04. The van der Waals surface area contributed by atoms with Gasteiger partial charge in [-0.1, -0.05) is 0 Å². The van der Waals surface area contributed by atoms with Crippen LogP contribution in [0.2, 0.25) is 0 Å². The summed E-state index contributed by atoms with van der Waals surface area (Å²) in [5.41, 5.74) is 7.22. The van der Waals surface area contributed by atoms with E-state index in [0.717, 1.165) is 30.7 Å². The SMILES string of the molecule is COc1ccc(-c2nc(C(=O)N3CCCC(C(C)N)C3)c(C)o2)cc1. The summed E-state index contributed by atoms with van der Waals surface area (Å²) < 4.78 is 10.9. The molecular formula is C19H25N3O3. The average Bonchev–Trinajstić information content (AvgIpc) is 3.03. The third-order valence-corrected chi connectivity index (χ3v) is 4.82. The first kappa shape index (κ1) is 17.5. The topological polar surface area (TPSA) is 81.6 Å². The number of ether oxygens (including phenoxy) is 1. The Bertz CT molecular complexity index is 737. The standard InChI is InChI=1S/C19H25N3O3/c1-12(20)15-5-4-10-22(11-15)19(23)17-13(2)25-18(21-17)14-6-8-16(24-3)9-7-14/h6-9,12,15H,4-5,10-11,20H2,1-3H3. The molecule has 2 aromatic rings. The number of aryl methyl sites for hydroxylation is 1. The Kier molecular flexibility index (Phi) is 5.08. The van der Waals surface area contributed by atoms with Crippen LogP contribution in [0.25, 0.3) is 11.5 Å². The second-order valence-electron chi connectivity index (χ2n) is 6.66. The van der Waals surface area contributed by atoms with Crippen molar-refractivity contribution in [1.82, 2.24) is 9.88 Å². The van der Waals surface area contributed by atoms with Crippen molar-refractivity contribution in [1.29, 1.82) is 0 Å². The molecule has 0 bridgehead atoms. The number of benzene rings is 1. The highest BCUT2D eigenvalue weighted by Crippen LogP contribution is 2.26. The van der Waals surface area contributed by atoms with Gasteiger partial charge in [0.2, 0.25) is 5.89 Å². The second kappa shape index (κ2) is 7.27. The molecule has 1 aliphatic heterocycles. The zero-order valence-electron chi connectivity index (χ0n) is 15.0. The number of aromatic nitrogens is 1. The largest absolute Gasteiger partial charge is 0.497 e. The molecule has 0 saturated carbocycles. The number of likely N-dealkylation sites (tertiary alicyclic amines) is 1. The average molecular weight is 343 g/mol. The lowest BCUT2D eigenvalue weighted by Gasteiger charge is -2.34. The van der Waals surface area contributed by atoms with E-state index < -0.39 is 0 Å². The number of amides is 1. The first-order valence-electron chi connectivity index (χ1n) is 8.66. The first-order chi connectivity index (χ1) is 12.0. The minimum atomic E-state index is -0.0774. The van der Waals surface area contributed by atoms with E-state index in [2.05, 4.69) is 4.98 Å². The number of nitrogens with two attached hydrogens (primary N) is 1. The molecule has 1 aromatic carbocycles. The summed E-state index contributed by atoms with van der Waals surface area (Å²) in [5, 5.41) is 0. The van der Waals surface area contributed by atoms with Crippen LogP contribution in [0.15, 0.2) is 28.7 Å². The summed E-state index contributed by atoms with van der Waals surface area (Å²) in [4.78, 5) is 19.2. The monoisotopic (exact) mass is 343 g/mol. The van der Waals surface area contributed by atoms with Gasteiger partial charge in [-0.3, -0.25) is 4.79 Å². The van der Waals surface area contributed by atoms with Gasteiger partial charge >= 0.3 is 0 Å². The van der Waals surface area contributed by atoms with E-state index in [-0.39, 0.29) is 11.9 Å². The number of piperidine rings is 1. The molecular weight excluding hydrogens is 318 g/mol. The van der Waals surface area contributed by atoms with E-state index in [1.54, 1.807) is 14.0 Å². The van der Waals surface area contributed by atoms with Crippen LogP contribution in [0.4, 0.5) is 0 Å². The predicted octanol–water partition coefficient (Wildman–Crippen LogP) is 2.86. The molecule has 2 heterocycles. The van der Waals surface area contributed by atoms with Crippen molar-refractivity contribution in [3.8, 4) is 17.2 Å². The number of oxazole rings is 1. The van der Waals surface area contributed by atoms with Gasteiger partial charge in [-0.15, -0.1) is 0 Å². The fraction of sp³-hybridized carbons (Fsp3) is 0.474. The summed E-state index contributed by atoms with van der Waals surface area (Å²) >= 11 is 0.